The van der Waals surface area contributed by atoms with Gasteiger partial charge >= 0.3 is 0 Å². The standard InChI is InChI=1S/C20H17NO/c1-2-21-13-16(17-8-5-6-10-19(17)21)12-15-11-14-7-3-4-9-18(14)20(15)22/h3-10,12-13H,2,11H2,1H3/b15-12+. The zero-order valence-electron chi connectivity index (χ0n) is 12.5. The van der Waals surface area contributed by atoms with Crippen LogP contribution >= 0.6 is 0 Å². The summed E-state index contributed by atoms with van der Waals surface area (Å²) in [7, 11) is 0. The Bertz CT molecular complexity index is 914. The van der Waals surface area contributed by atoms with Crippen LogP contribution in [-0.2, 0) is 13.0 Å². The summed E-state index contributed by atoms with van der Waals surface area (Å²) in [4.78, 5) is 12.5. The summed E-state index contributed by atoms with van der Waals surface area (Å²) in [5.41, 5.74) is 5.24. The van der Waals surface area contributed by atoms with Gasteiger partial charge in [-0.25, -0.2) is 0 Å². The minimum absolute atomic E-state index is 0.170. The molecule has 0 radical (unpaired) electrons. The van der Waals surface area contributed by atoms with Gasteiger partial charge in [0.2, 0.25) is 0 Å². The first-order chi connectivity index (χ1) is 10.8. The number of nitrogens with zero attached hydrogens (tertiary/aromatic N) is 1. The Morgan fingerprint density at radius 3 is 2.68 bits per heavy atom. The minimum Gasteiger partial charge on any atom is -0.347 e. The van der Waals surface area contributed by atoms with Crippen LogP contribution in [0.2, 0.25) is 0 Å². The molecule has 1 aromatic heterocycles. The highest BCUT2D eigenvalue weighted by Gasteiger charge is 2.24. The molecule has 0 aliphatic heterocycles. The summed E-state index contributed by atoms with van der Waals surface area (Å²) >= 11 is 0. The normalized spacial score (nSPS) is 15.7. The van der Waals surface area contributed by atoms with Crippen molar-refractivity contribution in [2.24, 2.45) is 0 Å². The lowest BCUT2D eigenvalue weighted by molar-refractivity contribution is 0.104. The molecule has 0 N–H and O–H groups in total. The van der Waals surface area contributed by atoms with Gasteiger partial charge in [-0.15, -0.1) is 0 Å². The fourth-order valence-corrected chi connectivity index (χ4v) is 3.31. The largest absolute Gasteiger partial charge is 0.347 e. The molecule has 0 amide bonds. The van der Waals surface area contributed by atoms with Gasteiger partial charge in [-0.05, 0) is 24.6 Å². The zero-order valence-corrected chi connectivity index (χ0v) is 12.5. The van der Waals surface area contributed by atoms with Gasteiger partial charge < -0.3 is 4.57 Å². The van der Waals surface area contributed by atoms with Gasteiger partial charge in [-0.2, -0.15) is 0 Å². The van der Waals surface area contributed by atoms with Crippen LogP contribution in [0.4, 0.5) is 0 Å². The van der Waals surface area contributed by atoms with Crippen molar-refractivity contribution in [2.75, 3.05) is 0 Å². The van der Waals surface area contributed by atoms with Crippen molar-refractivity contribution in [1.29, 1.82) is 0 Å². The van der Waals surface area contributed by atoms with E-state index in [1.165, 1.54) is 10.9 Å². The lowest BCUT2D eigenvalue weighted by Gasteiger charge is -1.98. The van der Waals surface area contributed by atoms with Crippen molar-refractivity contribution in [3.8, 4) is 0 Å². The second-order valence-electron chi connectivity index (χ2n) is 5.72. The van der Waals surface area contributed by atoms with E-state index in [2.05, 4.69) is 48.0 Å². The molecule has 0 bridgehead atoms. The molecule has 0 fully saturated rings. The van der Waals surface area contributed by atoms with Crippen molar-refractivity contribution in [3.05, 3.63) is 77.0 Å². The maximum atomic E-state index is 12.5. The van der Waals surface area contributed by atoms with Crippen LogP contribution in [0.5, 0.6) is 0 Å². The number of benzene rings is 2. The quantitative estimate of drug-likeness (QED) is 0.637. The topological polar surface area (TPSA) is 22.0 Å². The molecule has 1 aliphatic rings. The van der Waals surface area contributed by atoms with E-state index in [1.54, 1.807) is 0 Å². The molecule has 3 aromatic rings. The smallest absolute Gasteiger partial charge is 0.189 e. The van der Waals surface area contributed by atoms with Crippen molar-refractivity contribution >= 4 is 22.8 Å². The molecule has 0 spiro atoms. The van der Waals surface area contributed by atoms with Crippen LogP contribution in [-0.4, -0.2) is 10.4 Å². The number of carbonyl (C=O) groups excluding carboxylic acids is 1. The van der Waals surface area contributed by atoms with E-state index in [-0.39, 0.29) is 5.78 Å². The van der Waals surface area contributed by atoms with Crippen molar-refractivity contribution < 1.29 is 4.79 Å². The number of Topliss-reactive ketones (excluding diaryl/α,β-unsaturated/α-hetero) is 1. The predicted molar refractivity (Wildman–Crippen MR) is 90.1 cm³/mol. The second kappa shape index (κ2) is 4.99. The fraction of sp³-hybridized carbons (Fsp3) is 0.150. The summed E-state index contributed by atoms with van der Waals surface area (Å²) in [5.74, 6) is 0.170. The van der Waals surface area contributed by atoms with E-state index in [1.807, 2.05) is 24.3 Å². The highest BCUT2D eigenvalue weighted by Crippen LogP contribution is 2.30. The van der Waals surface area contributed by atoms with Gasteiger partial charge in [0.05, 0.1) is 0 Å². The van der Waals surface area contributed by atoms with Crippen molar-refractivity contribution in [2.45, 2.75) is 19.9 Å². The summed E-state index contributed by atoms with van der Waals surface area (Å²) in [6.07, 6.45) is 4.95. The Balaban J connectivity index is 1.84. The monoisotopic (exact) mass is 287 g/mol. The third-order valence-electron chi connectivity index (χ3n) is 4.42. The average molecular weight is 287 g/mol. The maximum absolute atomic E-state index is 12.5. The molecule has 2 heteroatoms. The molecule has 0 unspecified atom stereocenters. The Morgan fingerprint density at radius 2 is 1.86 bits per heavy atom. The molecule has 2 aromatic carbocycles. The number of ketones is 1. The molecule has 22 heavy (non-hydrogen) atoms. The summed E-state index contributed by atoms with van der Waals surface area (Å²) in [6, 6.07) is 16.3. The van der Waals surface area contributed by atoms with Crippen LogP contribution in [0.1, 0.15) is 28.4 Å². The van der Waals surface area contributed by atoms with E-state index in [0.717, 1.165) is 35.2 Å². The number of fused-ring (bicyclic) bond motifs is 2. The van der Waals surface area contributed by atoms with Gasteiger partial charge in [0.15, 0.2) is 5.78 Å². The number of allylic oxidation sites excluding steroid dienone is 1. The summed E-state index contributed by atoms with van der Waals surface area (Å²) in [6.45, 7) is 3.07. The lowest BCUT2D eigenvalue weighted by atomic mass is 10.1. The zero-order chi connectivity index (χ0) is 15.1. The Kier molecular flexibility index (Phi) is 2.97. The Hall–Kier alpha value is -2.61. The molecule has 0 saturated heterocycles. The third-order valence-corrected chi connectivity index (χ3v) is 4.42. The second-order valence-corrected chi connectivity index (χ2v) is 5.72. The highest BCUT2D eigenvalue weighted by atomic mass is 16.1. The first-order valence-corrected chi connectivity index (χ1v) is 7.69. The number of hydrogen-bond donors (Lipinski definition) is 0. The van der Waals surface area contributed by atoms with Crippen LogP contribution in [0.15, 0.2) is 60.3 Å². The molecule has 1 aliphatic carbocycles. The third kappa shape index (κ3) is 1.92. The van der Waals surface area contributed by atoms with E-state index in [0.29, 0.717) is 0 Å². The first-order valence-electron chi connectivity index (χ1n) is 7.69. The van der Waals surface area contributed by atoms with Crippen LogP contribution in [0, 0.1) is 0 Å². The maximum Gasteiger partial charge on any atom is 0.189 e. The lowest BCUT2D eigenvalue weighted by Crippen LogP contribution is -1.94. The molecule has 1 heterocycles. The van der Waals surface area contributed by atoms with Gasteiger partial charge in [0.25, 0.3) is 0 Å². The van der Waals surface area contributed by atoms with Crippen molar-refractivity contribution in [1.82, 2.24) is 4.57 Å². The molecule has 0 atom stereocenters. The minimum atomic E-state index is 0.170. The molecule has 108 valence electrons. The van der Waals surface area contributed by atoms with E-state index in [9.17, 15) is 4.79 Å². The SMILES string of the molecule is CCn1cc(/C=C2\Cc3ccccc3C2=O)c2ccccc21. The number of hydrogen-bond acceptors (Lipinski definition) is 1. The van der Waals surface area contributed by atoms with Gasteiger partial charge in [-0.3, -0.25) is 4.79 Å². The number of aromatic nitrogens is 1. The van der Waals surface area contributed by atoms with Gasteiger partial charge in [0, 0.05) is 46.8 Å². The molecular formula is C20H17NO. The summed E-state index contributed by atoms with van der Waals surface area (Å²) < 4.78 is 2.23. The van der Waals surface area contributed by atoms with Crippen LogP contribution < -0.4 is 0 Å². The predicted octanol–water partition coefficient (Wildman–Crippen LogP) is 4.48. The van der Waals surface area contributed by atoms with Gasteiger partial charge in [0.1, 0.15) is 0 Å². The van der Waals surface area contributed by atoms with Gasteiger partial charge in [-0.1, -0.05) is 42.5 Å². The van der Waals surface area contributed by atoms with Crippen LogP contribution in [0.3, 0.4) is 0 Å². The molecule has 2 nitrogen and oxygen atoms in total. The molecule has 4 rings (SSSR count). The summed E-state index contributed by atoms with van der Waals surface area (Å²) in [5, 5.41) is 1.21. The van der Waals surface area contributed by atoms with E-state index in [4.69, 9.17) is 0 Å². The van der Waals surface area contributed by atoms with Crippen LogP contribution in [0.25, 0.3) is 17.0 Å². The Labute approximate surface area is 129 Å². The number of para-hydroxylation sites is 1. The fourth-order valence-electron chi connectivity index (χ4n) is 3.31. The highest BCUT2D eigenvalue weighted by molar-refractivity contribution is 6.16. The number of carbonyl (C=O) groups is 1. The average Bonchev–Trinajstić information content (AvgIpc) is 3.07. The molecule has 0 saturated carbocycles. The number of aryl methyl sites for hydroxylation is 1. The number of rotatable bonds is 2. The first kappa shape index (κ1) is 13.1. The molecular weight excluding hydrogens is 270 g/mol. The van der Waals surface area contributed by atoms with Crippen molar-refractivity contribution in [3.63, 3.8) is 0 Å². The Morgan fingerprint density at radius 1 is 1.09 bits per heavy atom. The van der Waals surface area contributed by atoms with E-state index < -0.39 is 0 Å². The van der Waals surface area contributed by atoms with E-state index >= 15 is 0 Å².